The first-order chi connectivity index (χ1) is 17.6. The van der Waals surface area contributed by atoms with Crippen LogP contribution in [-0.4, -0.2) is 35.8 Å². The Hall–Kier alpha value is -3.80. The lowest BCUT2D eigenvalue weighted by atomic mass is 9.88. The highest BCUT2D eigenvalue weighted by atomic mass is 16.5. The van der Waals surface area contributed by atoms with Crippen LogP contribution in [0.3, 0.4) is 0 Å². The average Bonchev–Trinajstić information content (AvgIpc) is 2.90. The topological polar surface area (TPSA) is 84.7 Å². The number of aliphatic hydroxyl groups excluding tert-OH is 1. The van der Waals surface area contributed by atoms with Crippen molar-refractivity contribution >= 4 is 11.4 Å². The number of nitrogens with two attached hydrogens (primary N) is 2. The van der Waals surface area contributed by atoms with Crippen molar-refractivity contribution in [1.29, 1.82) is 0 Å². The molecule has 0 fully saturated rings. The summed E-state index contributed by atoms with van der Waals surface area (Å²) in [6, 6.07) is 36.2. The monoisotopic (exact) mass is 481 g/mol. The second-order valence-electron chi connectivity index (χ2n) is 9.17. The minimum Gasteiger partial charge on any atom is -0.491 e. The van der Waals surface area contributed by atoms with Gasteiger partial charge in [-0.3, -0.25) is 4.90 Å². The summed E-state index contributed by atoms with van der Waals surface area (Å²) in [5, 5.41) is 10.8. The second-order valence-corrected chi connectivity index (χ2v) is 9.17. The third kappa shape index (κ3) is 7.60. The van der Waals surface area contributed by atoms with Crippen molar-refractivity contribution in [3.8, 4) is 5.75 Å². The highest BCUT2D eigenvalue weighted by Gasteiger charge is 2.19. The molecule has 5 heteroatoms. The minimum absolute atomic E-state index is 0.183. The van der Waals surface area contributed by atoms with Crippen molar-refractivity contribution in [2.45, 2.75) is 25.0 Å². The van der Waals surface area contributed by atoms with Crippen molar-refractivity contribution in [2.75, 3.05) is 31.2 Å². The highest BCUT2D eigenvalue weighted by Crippen LogP contribution is 2.30. The maximum Gasteiger partial charge on any atom is 0.119 e. The van der Waals surface area contributed by atoms with E-state index >= 15 is 0 Å². The van der Waals surface area contributed by atoms with Crippen LogP contribution in [-0.2, 0) is 6.54 Å². The summed E-state index contributed by atoms with van der Waals surface area (Å²) in [4.78, 5) is 2.30. The van der Waals surface area contributed by atoms with Crippen LogP contribution in [0.1, 0.15) is 29.0 Å². The predicted octanol–water partition coefficient (Wildman–Crippen LogP) is 5.32. The van der Waals surface area contributed by atoms with Crippen molar-refractivity contribution in [2.24, 2.45) is 0 Å². The number of nitrogen functional groups attached to an aromatic ring is 2. The summed E-state index contributed by atoms with van der Waals surface area (Å²) in [6.45, 7) is 2.31. The Morgan fingerprint density at radius 2 is 1.22 bits per heavy atom. The second kappa shape index (κ2) is 12.8. The third-order valence-electron chi connectivity index (χ3n) is 6.32. The molecule has 4 aromatic rings. The van der Waals surface area contributed by atoms with E-state index in [0.717, 1.165) is 36.6 Å². The highest BCUT2D eigenvalue weighted by molar-refractivity contribution is 5.45. The van der Waals surface area contributed by atoms with Crippen LogP contribution in [0.2, 0.25) is 0 Å². The Morgan fingerprint density at radius 1 is 0.694 bits per heavy atom. The lowest BCUT2D eigenvalue weighted by Gasteiger charge is -2.28. The molecule has 0 amide bonds. The summed E-state index contributed by atoms with van der Waals surface area (Å²) >= 11 is 0. The van der Waals surface area contributed by atoms with Gasteiger partial charge in [0.05, 0.1) is 0 Å². The van der Waals surface area contributed by atoms with Crippen LogP contribution in [0.25, 0.3) is 0 Å². The van der Waals surface area contributed by atoms with Gasteiger partial charge in [0.15, 0.2) is 0 Å². The zero-order chi connectivity index (χ0) is 25.2. The fourth-order valence-electron chi connectivity index (χ4n) is 4.43. The van der Waals surface area contributed by atoms with E-state index < -0.39 is 6.10 Å². The van der Waals surface area contributed by atoms with E-state index in [1.165, 1.54) is 16.7 Å². The van der Waals surface area contributed by atoms with E-state index in [4.69, 9.17) is 16.2 Å². The van der Waals surface area contributed by atoms with Gasteiger partial charge in [-0.15, -0.1) is 0 Å². The van der Waals surface area contributed by atoms with Crippen LogP contribution in [0.5, 0.6) is 5.75 Å². The molecule has 4 rings (SSSR count). The Morgan fingerprint density at radius 3 is 1.78 bits per heavy atom. The van der Waals surface area contributed by atoms with E-state index in [2.05, 4.69) is 41.3 Å². The summed E-state index contributed by atoms with van der Waals surface area (Å²) < 4.78 is 5.81. The molecule has 5 nitrogen and oxygen atoms in total. The molecule has 0 aromatic heterocycles. The molecule has 0 saturated heterocycles. The Kier molecular flexibility index (Phi) is 8.98. The van der Waals surface area contributed by atoms with Gasteiger partial charge in [0.2, 0.25) is 0 Å². The number of benzene rings is 4. The SMILES string of the molecule is Nc1ccc(C(CCN(Cc2ccccc2)C[C@H](O)COc2ccccc2)c2ccc(N)cc2)cc1. The van der Waals surface area contributed by atoms with E-state index in [1.54, 1.807) is 0 Å². The Balaban J connectivity index is 1.48. The molecule has 0 aliphatic heterocycles. The number of aliphatic hydroxyl groups is 1. The molecule has 186 valence electrons. The largest absolute Gasteiger partial charge is 0.491 e. The lowest BCUT2D eigenvalue weighted by molar-refractivity contribution is 0.0647. The lowest BCUT2D eigenvalue weighted by Crippen LogP contribution is -2.36. The molecule has 0 radical (unpaired) electrons. The standard InChI is InChI=1S/C31H35N3O2/c32-27-15-11-25(12-16-27)31(26-13-17-28(33)18-14-26)19-20-34(21-24-7-3-1-4-8-24)22-29(35)23-36-30-9-5-2-6-10-30/h1-18,29,31,35H,19-23,32-33H2/t29-/m0/s1. The number of rotatable bonds is 12. The Labute approximate surface area is 214 Å². The number of anilines is 2. The zero-order valence-electron chi connectivity index (χ0n) is 20.5. The third-order valence-corrected chi connectivity index (χ3v) is 6.32. The molecule has 4 aromatic carbocycles. The molecule has 0 spiro atoms. The van der Waals surface area contributed by atoms with E-state index in [1.807, 2.05) is 72.8 Å². The number of ether oxygens (including phenoxy) is 1. The van der Waals surface area contributed by atoms with Gasteiger partial charge in [0.25, 0.3) is 0 Å². The van der Waals surface area contributed by atoms with Crippen LogP contribution < -0.4 is 16.2 Å². The molecule has 0 bridgehead atoms. The van der Waals surface area contributed by atoms with Gasteiger partial charge in [-0.05, 0) is 66.1 Å². The van der Waals surface area contributed by atoms with Gasteiger partial charge >= 0.3 is 0 Å². The zero-order valence-corrected chi connectivity index (χ0v) is 20.5. The van der Waals surface area contributed by atoms with Crippen molar-refractivity contribution in [3.63, 3.8) is 0 Å². The van der Waals surface area contributed by atoms with Crippen LogP contribution in [0, 0.1) is 0 Å². The minimum atomic E-state index is -0.611. The number of hydrogen-bond donors (Lipinski definition) is 3. The van der Waals surface area contributed by atoms with Crippen LogP contribution in [0.15, 0.2) is 109 Å². The number of hydrogen-bond acceptors (Lipinski definition) is 5. The smallest absolute Gasteiger partial charge is 0.119 e. The molecule has 0 unspecified atom stereocenters. The van der Waals surface area contributed by atoms with Gasteiger partial charge in [0.1, 0.15) is 18.5 Å². The van der Waals surface area contributed by atoms with E-state index in [9.17, 15) is 5.11 Å². The van der Waals surface area contributed by atoms with Gasteiger partial charge < -0.3 is 21.3 Å². The molecule has 0 saturated carbocycles. The molecule has 0 aliphatic carbocycles. The fraction of sp³-hybridized carbons (Fsp3) is 0.226. The normalized spacial score (nSPS) is 12.1. The average molecular weight is 482 g/mol. The van der Waals surface area contributed by atoms with Crippen LogP contribution in [0.4, 0.5) is 11.4 Å². The molecular formula is C31H35N3O2. The van der Waals surface area contributed by atoms with Crippen molar-refractivity contribution in [1.82, 2.24) is 4.90 Å². The Bertz CT molecular complexity index is 1120. The molecule has 0 aliphatic rings. The predicted molar refractivity (Wildman–Crippen MR) is 148 cm³/mol. The van der Waals surface area contributed by atoms with Crippen LogP contribution >= 0.6 is 0 Å². The summed E-state index contributed by atoms with van der Waals surface area (Å²) in [5.74, 6) is 0.945. The number of nitrogens with zero attached hydrogens (tertiary/aromatic N) is 1. The molecule has 36 heavy (non-hydrogen) atoms. The molecular weight excluding hydrogens is 446 g/mol. The maximum atomic E-state index is 10.8. The summed E-state index contributed by atoms with van der Waals surface area (Å²) in [7, 11) is 0. The first-order valence-electron chi connectivity index (χ1n) is 12.4. The van der Waals surface area contributed by atoms with Gasteiger partial charge in [-0.2, -0.15) is 0 Å². The summed E-state index contributed by atoms with van der Waals surface area (Å²) in [6.07, 6.45) is 0.271. The van der Waals surface area contributed by atoms with Crippen molar-refractivity contribution in [3.05, 3.63) is 126 Å². The first kappa shape index (κ1) is 25.3. The molecule has 5 N–H and O–H groups in total. The fourth-order valence-corrected chi connectivity index (χ4v) is 4.43. The molecule has 1 atom stereocenters. The van der Waals surface area contributed by atoms with Gasteiger partial charge in [0, 0.05) is 30.4 Å². The first-order valence-corrected chi connectivity index (χ1v) is 12.4. The number of para-hydroxylation sites is 1. The summed E-state index contributed by atoms with van der Waals surface area (Å²) in [5.41, 5.74) is 17.0. The van der Waals surface area contributed by atoms with Crippen molar-refractivity contribution < 1.29 is 9.84 Å². The van der Waals surface area contributed by atoms with E-state index in [-0.39, 0.29) is 12.5 Å². The maximum absolute atomic E-state index is 10.8. The van der Waals surface area contributed by atoms with Gasteiger partial charge in [-0.25, -0.2) is 0 Å². The molecule has 0 heterocycles. The van der Waals surface area contributed by atoms with Gasteiger partial charge in [-0.1, -0.05) is 72.8 Å². The quantitative estimate of drug-likeness (QED) is 0.239. The van der Waals surface area contributed by atoms with E-state index in [0.29, 0.717) is 6.54 Å².